The van der Waals surface area contributed by atoms with Crippen LogP contribution in [0, 0.1) is 0 Å². The third-order valence-corrected chi connectivity index (χ3v) is 7.15. The average Bonchev–Trinajstić information content (AvgIpc) is 2.93. The molecule has 21 heavy (non-hydrogen) atoms. The van der Waals surface area contributed by atoms with E-state index in [-0.39, 0.29) is 0 Å². The van der Waals surface area contributed by atoms with Crippen molar-refractivity contribution in [2.75, 3.05) is 0 Å². The van der Waals surface area contributed by atoms with Crippen LogP contribution in [0.5, 0.6) is 0 Å². The zero-order valence-electron chi connectivity index (χ0n) is 14.5. The number of unbranched alkanes of at least 4 members (excludes halogenated alkanes) is 9. The van der Waals surface area contributed by atoms with Crippen LogP contribution in [0.25, 0.3) is 0 Å². The Morgan fingerprint density at radius 2 is 1.43 bits per heavy atom. The van der Waals surface area contributed by atoms with E-state index in [4.69, 9.17) is 0 Å². The lowest BCUT2D eigenvalue weighted by Gasteiger charge is -2.21. The van der Waals surface area contributed by atoms with Crippen LogP contribution in [0.15, 0.2) is 12.7 Å². The maximum Gasteiger partial charge on any atom is 0.137 e. The largest absolute Gasteiger partial charge is 0.256 e. The minimum Gasteiger partial charge on any atom is -0.256 e. The molecule has 0 amide bonds. The Morgan fingerprint density at radius 1 is 0.857 bits per heavy atom. The van der Waals surface area contributed by atoms with Crippen LogP contribution >= 0.6 is 0 Å². The van der Waals surface area contributed by atoms with Gasteiger partial charge < -0.3 is 0 Å². The fraction of sp³-hybridized carbons (Fsp3) is 0.882. The van der Waals surface area contributed by atoms with Gasteiger partial charge in [-0.1, -0.05) is 90.3 Å². The van der Waals surface area contributed by atoms with Gasteiger partial charge in [0.25, 0.3) is 0 Å². The predicted molar refractivity (Wildman–Crippen MR) is 94.2 cm³/mol. The molecule has 0 saturated carbocycles. The van der Waals surface area contributed by atoms with Crippen molar-refractivity contribution in [3.63, 3.8) is 0 Å². The van der Waals surface area contributed by atoms with Crippen molar-refractivity contribution in [2.45, 2.75) is 96.4 Å². The molecule has 1 aromatic rings. The molecule has 0 unspecified atom stereocenters. The number of hydrogen-bond acceptors (Lipinski definition) is 2. The first-order valence-electron chi connectivity index (χ1n) is 8.96. The lowest BCUT2D eigenvalue weighted by atomic mass is 10.1. The van der Waals surface area contributed by atoms with Gasteiger partial charge in [0.15, 0.2) is 0 Å². The number of rotatable bonds is 13. The van der Waals surface area contributed by atoms with E-state index in [1.165, 1.54) is 70.3 Å². The molecule has 0 atom stereocenters. The van der Waals surface area contributed by atoms with Crippen LogP contribution in [0.3, 0.4) is 0 Å². The van der Waals surface area contributed by atoms with Crippen LogP contribution in [-0.2, 0) is 6.17 Å². The van der Waals surface area contributed by atoms with Gasteiger partial charge in [-0.05, 0) is 0 Å². The van der Waals surface area contributed by atoms with E-state index in [1.807, 2.05) is 11.0 Å². The van der Waals surface area contributed by atoms with E-state index in [1.54, 1.807) is 6.33 Å². The van der Waals surface area contributed by atoms with Crippen molar-refractivity contribution in [1.29, 1.82) is 0 Å². The molecule has 0 radical (unpaired) electrons. The van der Waals surface area contributed by atoms with Crippen molar-refractivity contribution in [3.8, 4) is 0 Å². The Hall–Kier alpha value is -0.643. The Morgan fingerprint density at radius 3 is 1.95 bits per heavy atom. The molecule has 0 fully saturated rings. The molecule has 0 bridgehead atoms. The quantitative estimate of drug-likeness (QED) is 0.358. The minimum absolute atomic E-state index is 1.12. The molecule has 0 saturated heterocycles. The maximum absolute atomic E-state index is 4.24. The lowest BCUT2D eigenvalue weighted by Crippen LogP contribution is -2.32. The van der Waals surface area contributed by atoms with Crippen LogP contribution in [0.4, 0.5) is 0 Å². The summed E-state index contributed by atoms with van der Waals surface area (Å²) in [6.07, 6.45) is 18.9. The smallest absolute Gasteiger partial charge is 0.137 e. The second-order valence-corrected chi connectivity index (χ2v) is 12.3. The number of aromatic nitrogens is 3. The normalized spacial score (nSPS) is 12.0. The zero-order valence-corrected chi connectivity index (χ0v) is 15.5. The molecule has 0 aliphatic heterocycles. The lowest BCUT2D eigenvalue weighted by molar-refractivity contribution is 0.561. The van der Waals surface area contributed by atoms with Gasteiger partial charge in [0.1, 0.15) is 12.7 Å². The minimum atomic E-state index is -1.14. The number of nitrogens with zero attached hydrogens (tertiary/aromatic N) is 3. The van der Waals surface area contributed by atoms with Crippen molar-refractivity contribution in [3.05, 3.63) is 12.7 Å². The highest BCUT2D eigenvalue weighted by Crippen LogP contribution is 2.18. The summed E-state index contributed by atoms with van der Waals surface area (Å²) >= 11 is 0. The topological polar surface area (TPSA) is 30.7 Å². The third-order valence-electron chi connectivity index (χ3n) is 4.26. The summed E-state index contributed by atoms with van der Waals surface area (Å²) in [7, 11) is -1.14. The van der Waals surface area contributed by atoms with Crippen LogP contribution < -0.4 is 0 Å². The summed E-state index contributed by atoms with van der Waals surface area (Å²) in [5.41, 5.74) is 0. The van der Waals surface area contributed by atoms with Crippen LogP contribution in [0.1, 0.15) is 71.1 Å². The van der Waals surface area contributed by atoms with Gasteiger partial charge in [-0.15, -0.1) is 0 Å². The van der Waals surface area contributed by atoms with Crippen molar-refractivity contribution in [1.82, 2.24) is 14.8 Å². The van der Waals surface area contributed by atoms with E-state index in [0.717, 1.165) is 6.17 Å². The number of hydrogen-bond donors (Lipinski definition) is 0. The fourth-order valence-corrected chi connectivity index (χ4v) is 5.33. The molecule has 4 heteroatoms. The predicted octanol–water partition coefficient (Wildman–Crippen LogP) is 5.45. The van der Waals surface area contributed by atoms with Gasteiger partial charge >= 0.3 is 0 Å². The molecule has 0 N–H and O–H groups in total. The first-order valence-corrected chi connectivity index (χ1v) is 12.4. The Balaban J connectivity index is 1.93. The Labute approximate surface area is 132 Å². The molecule has 1 heterocycles. The van der Waals surface area contributed by atoms with Gasteiger partial charge in [0.2, 0.25) is 0 Å². The summed E-state index contributed by atoms with van der Waals surface area (Å²) in [5, 5.41) is 4.24. The highest BCUT2D eigenvalue weighted by Gasteiger charge is 2.21. The van der Waals surface area contributed by atoms with Gasteiger partial charge in [-0.3, -0.25) is 4.68 Å². The molecule has 0 aliphatic rings. The molecular weight excluding hydrogens is 274 g/mol. The second-order valence-electron chi connectivity index (χ2n) is 7.19. The molecule has 0 aliphatic carbocycles. The summed E-state index contributed by atoms with van der Waals surface area (Å²) in [4.78, 5) is 4.04. The molecule has 1 aromatic heterocycles. The zero-order chi connectivity index (χ0) is 15.4. The highest BCUT2D eigenvalue weighted by molar-refractivity contribution is 6.76. The van der Waals surface area contributed by atoms with Crippen LogP contribution in [-0.4, -0.2) is 22.8 Å². The van der Waals surface area contributed by atoms with E-state index < -0.39 is 8.07 Å². The van der Waals surface area contributed by atoms with Gasteiger partial charge in [-0.2, -0.15) is 5.10 Å². The van der Waals surface area contributed by atoms with Gasteiger partial charge in [0, 0.05) is 6.17 Å². The Bertz CT molecular complexity index is 336. The van der Waals surface area contributed by atoms with Gasteiger partial charge in [-0.25, -0.2) is 4.98 Å². The molecule has 1 rings (SSSR count). The maximum atomic E-state index is 4.24. The summed E-state index contributed by atoms with van der Waals surface area (Å²) in [6.45, 7) is 7.23. The Kier molecular flexibility index (Phi) is 9.64. The molecule has 122 valence electrons. The standard InChI is InChI=1S/C17H35N3Si/c1-4-5-6-7-8-9-10-11-12-13-14-21(2,3)17-20-16-18-15-19-20/h15-16H,4-14,17H2,1-3H3. The average molecular weight is 310 g/mol. The SMILES string of the molecule is CCCCCCCCCCCC[Si](C)(C)Cn1cncn1. The van der Waals surface area contributed by atoms with Crippen molar-refractivity contribution >= 4 is 8.07 Å². The van der Waals surface area contributed by atoms with E-state index in [0.29, 0.717) is 0 Å². The third kappa shape index (κ3) is 9.83. The molecule has 3 nitrogen and oxygen atoms in total. The molecular formula is C17H35N3Si. The van der Waals surface area contributed by atoms with Gasteiger partial charge in [0.05, 0.1) is 8.07 Å². The highest BCUT2D eigenvalue weighted by atomic mass is 28.3. The molecule has 0 aromatic carbocycles. The first kappa shape index (κ1) is 18.4. The monoisotopic (exact) mass is 309 g/mol. The van der Waals surface area contributed by atoms with Crippen molar-refractivity contribution < 1.29 is 0 Å². The first-order chi connectivity index (χ1) is 10.1. The van der Waals surface area contributed by atoms with E-state index in [9.17, 15) is 0 Å². The summed E-state index contributed by atoms with van der Waals surface area (Å²) in [5.74, 6) is 0. The fourth-order valence-electron chi connectivity index (χ4n) is 2.92. The van der Waals surface area contributed by atoms with Crippen molar-refractivity contribution in [2.24, 2.45) is 0 Å². The summed E-state index contributed by atoms with van der Waals surface area (Å²) < 4.78 is 2.02. The van der Waals surface area contributed by atoms with E-state index in [2.05, 4.69) is 30.1 Å². The summed E-state index contributed by atoms with van der Waals surface area (Å²) in [6, 6.07) is 1.42. The second kappa shape index (κ2) is 11.0. The van der Waals surface area contributed by atoms with Crippen LogP contribution in [0.2, 0.25) is 19.1 Å². The molecule has 0 spiro atoms. The van der Waals surface area contributed by atoms with E-state index >= 15 is 0 Å².